The van der Waals surface area contributed by atoms with E-state index in [2.05, 4.69) is 11.1 Å². The molecule has 0 radical (unpaired) electrons. The van der Waals surface area contributed by atoms with Gasteiger partial charge in [0.15, 0.2) is 0 Å². The van der Waals surface area contributed by atoms with Crippen LogP contribution in [0.1, 0.15) is 37.9 Å². The summed E-state index contributed by atoms with van der Waals surface area (Å²) in [6.07, 6.45) is 2.71. The van der Waals surface area contributed by atoms with Crippen LogP contribution in [0.3, 0.4) is 0 Å². The van der Waals surface area contributed by atoms with Crippen LogP contribution in [0.5, 0.6) is 0 Å². The number of hydrogen-bond acceptors (Lipinski definition) is 4. The summed E-state index contributed by atoms with van der Waals surface area (Å²) in [5, 5.41) is 0. The molecule has 2 aromatic rings. The normalized spacial score (nSPS) is 30.1. The highest BCUT2D eigenvalue weighted by Crippen LogP contribution is 2.51. The number of carbonyl (C=O) groups is 2. The Hall–Kier alpha value is -3.16. The number of fused-ring (bicyclic) bond motifs is 2. The number of benzene rings is 1. The number of piperidine rings is 1. The third-order valence-corrected chi connectivity index (χ3v) is 8.14. The molecular formula is C28H29F3N2O3. The molecule has 1 amide bonds. The van der Waals surface area contributed by atoms with Gasteiger partial charge in [0, 0.05) is 37.7 Å². The van der Waals surface area contributed by atoms with Crippen LogP contribution in [0.4, 0.5) is 13.2 Å². The molecule has 2 saturated heterocycles. The van der Waals surface area contributed by atoms with Gasteiger partial charge >= 0.3 is 12.1 Å². The second-order valence-corrected chi connectivity index (χ2v) is 10.2. The van der Waals surface area contributed by atoms with Crippen LogP contribution in [0, 0.1) is 29.6 Å². The zero-order chi connectivity index (χ0) is 25.6. The van der Waals surface area contributed by atoms with Crippen molar-refractivity contribution in [3.63, 3.8) is 0 Å². The van der Waals surface area contributed by atoms with E-state index >= 15 is 0 Å². The number of nitrogens with zero attached hydrogens (tertiary/aromatic N) is 2. The molecule has 190 valence electrons. The van der Waals surface area contributed by atoms with E-state index in [1.165, 1.54) is 6.07 Å². The maximum atomic E-state index is 13.1. The van der Waals surface area contributed by atoms with Crippen LogP contribution in [-0.4, -0.2) is 41.0 Å². The van der Waals surface area contributed by atoms with Gasteiger partial charge in [0.2, 0.25) is 5.91 Å². The number of esters is 1. The highest BCUT2D eigenvalue weighted by Gasteiger charge is 2.54. The highest BCUT2D eigenvalue weighted by atomic mass is 19.4. The molecule has 0 spiro atoms. The first-order valence-corrected chi connectivity index (χ1v) is 12.4. The average Bonchev–Trinajstić information content (AvgIpc) is 3.14. The smallest absolute Gasteiger partial charge is 0.416 e. The van der Waals surface area contributed by atoms with Gasteiger partial charge in [-0.05, 0) is 67.4 Å². The summed E-state index contributed by atoms with van der Waals surface area (Å²) in [4.78, 5) is 30.9. The molecule has 5 nitrogen and oxygen atoms in total. The number of ether oxygens (including phenoxy) is 1. The molecule has 2 aliphatic heterocycles. The number of alkyl halides is 3. The van der Waals surface area contributed by atoms with Gasteiger partial charge in [-0.15, -0.1) is 0 Å². The summed E-state index contributed by atoms with van der Waals surface area (Å²) in [6, 6.07) is 8.77. The predicted molar refractivity (Wildman–Crippen MR) is 128 cm³/mol. The zero-order valence-electron chi connectivity index (χ0n) is 20.2. The molecule has 3 aliphatic rings. The maximum absolute atomic E-state index is 13.1. The number of pyridine rings is 1. The largest absolute Gasteiger partial charge is 0.462 e. The molecule has 1 aromatic heterocycles. The SMILES string of the molecule is CC(=O)N1CCC2C(CC3C(=O)O[C@H](C)C3C2/C=C/c2ccc(-c3cccc(C(F)(F)F)c3)cn2)C1. The Bertz CT molecular complexity index is 1180. The van der Waals surface area contributed by atoms with E-state index < -0.39 is 11.7 Å². The van der Waals surface area contributed by atoms with Crippen molar-refractivity contribution >= 4 is 18.0 Å². The number of carbonyl (C=O) groups excluding carboxylic acids is 2. The zero-order valence-corrected chi connectivity index (χ0v) is 20.2. The van der Waals surface area contributed by atoms with Gasteiger partial charge in [0.1, 0.15) is 6.10 Å². The average molecular weight is 499 g/mol. The third kappa shape index (κ3) is 4.65. The number of amides is 1. The van der Waals surface area contributed by atoms with Crippen molar-refractivity contribution in [3.05, 3.63) is 59.9 Å². The number of hydrogen-bond donors (Lipinski definition) is 0. The minimum atomic E-state index is -4.40. The monoisotopic (exact) mass is 498 g/mol. The molecular weight excluding hydrogens is 469 g/mol. The first kappa shape index (κ1) is 24.5. The Morgan fingerprint density at radius 1 is 1.19 bits per heavy atom. The van der Waals surface area contributed by atoms with Crippen LogP contribution in [-0.2, 0) is 20.5 Å². The van der Waals surface area contributed by atoms with E-state index in [1.807, 2.05) is 17.9 Å². The summed E-state index contributed by atoms with van der Waals surface area (Å²) in [6.45, 7) is 4.92. The van der Waals surface area contributed by atoms with E-state index in [0.29, 0.717) is 35.8 Å². The third-order valence-electron chi connectivity index (χ3n) is 8.14. The van der Waals surface area contributed by atoms with Gasteiger partial charge < -0.3 is 9.64 Å². The molecule has 6 atom stereocenters. The van der Waals surface area contributed by atoms with Crippen LogP contribution in [0.2, 0.25) is 0 Å². The summed E-state index contributed by atoms with van der Waals surface area (Å²) in [5.74, 6) is 0.548. The number of aromatic nitrogens is 1. The van der Waals surface area contributed by atoms with E-state index in [-0.39, 0.29) is 41.7 Å². The highest BCUT2D eigenvalue weighted by molar-refractivity contribution is 5.76. The molecule has 0 bridgehead atoms. The van der Waals surface area contributed by atoms with Gasteiger partial charge in [0.05, 0.1) is 17.2 Å². The second kappa shape index (κ2) is 9.37. The van der Waals surface area contributed by atoms with Crippen molar-refractivity contribution in [2.45, 2.75) is 39.0 Å². The minimum absolute atomic E-state index is 0.0649. The Morgan fingerprint density at radius 3 is 2.69 bits per heavy atom. The predicted octanol–water partition coefficient (Wildman–Crippen LogP) is 5.46. The first-order chi connectivity index (χ1) is 17.1. The van der Waals surface area contributed by atoms with Gasteiger partial charge in [-0.3, -0.25) is 14.6 Å². The van der Waals surface area contributed by atoms with Gasteiger partial charge in [-0.1, -0.05) is 24.3 Å². The van der Waals surface area contributed by atoms with Crippen molar-refractivity contribution < 1.29 is 27.5 Å². The standard InChI is InChI=1S/C28H29F3N2O3/c1-16-26-24(23-10-11-33(17(2)34)15-20(23)13-25(26)27(35)36-16)9-8-22-7-6-19(14-32-22)18-4-3-5-21(12-18)28(29,30)31/h3-9,12,14,16,20,23-26H,10-11,13,15H2,1-2H3/b9-8+/t16-,20?,23?,24?,25?,26?/m1/s1. The summed E-state index contributed by atoms with van der Waals surface area (Å²) >= 11 is 0. The summed E-state index contributed by atoms with van der Waals surface area (Å²) in [7, 11) is 0. The number of cyclic esters (lactones) is 1. The summed E-state index contributed by atoms with van der Waals surface area (Å²) in [5.41, 5.74) is 1.07. The van der Waals surface area contributed by atoms with Gasteiger partial charge in [-0.25, -0.2) is 0 Å². The van der Waals surface area contributed by atoms with Crippen molar-refractivity contribution in [1.82, 2.24) is 9.88 Å². The van der Waals surface area contributed by atoms with Crippen molar-refractivity contribution in [2.75, 3.05) is 13.1 Å². The number of halogens is 3. The lowest BCUT2D eigenvalue weighted by Gasteiger charge is -2.48. The van der Waals surface area contributed by atoms with E-state index in [0.717, 1.165) is 25.0 Å². The molecule has 3 fully saturated rings. The number of likely N-dealkylation sites (tertiary alicyclic amines) is 1. The van der Waals surface area contributed by atoms with Gasteiger partial charge in [-0.2, -0.15) is 13.2 Å². The van der Waals surface area contributed by atoms with E-state index in [9.17, 15) is 22.8 Å². The molecule has 36 heavy (non-hydrogen) atoms. The van der Waals surface area contributed by atoms with Crippen LogP contribution < -0.4 is 0 Å². The van der Waals surface area contributed by atoms with Crippen molar-refractivity contribution in [2.24, 2.45) is 29.6 Å². The quantitative estimate of drug-likeness (QED) is 0.527. The van der Waals surface area contributed by atoms with E-state index in [1.54, 1.807) is 31.3 Å². The fourth-order valence-corrected chi connectivity index (χ4v) is 6.40. The molecule has 1 saturated carbocycles. The Labute approximate surface area is 208 Å². The fraction of sp³-hybridized carbons (Fsp3) is 0.464. The van der Waals surface area contributed by atoms with E-state index in [4.69, 9.17) is 4.74 Å². The van der Waals surface area contributed by atoms with Crippen LogP contribution >= 0.6 is 0 Å². The molecule has 0 N–H and O–H groups in total. The minimum Gasteiger partial charge on any atom is -0.462 e. The Balaban J connectivity index is 1.38. The molecule has 1 aromatic carbocycles. The fourth-order valence-electron chi connectivity index (χ4n) is 6.40. The van der Waals surface area contributed by atoms with Crippen molar-refractivity contribution in [3.8, 4) is 11.1 Å². The Kier molecular flexibility index (Phi) is 6.39. The van der Waals surface area contributed by atoms with Crippen LogP contribution in [0.15, 0.2) is 48.7 Å². The molecule has 5 rings (SSSR count). The molecule has 3 heterocycles. The molecule has 5 unspecified atom stereocenters. The lowest BCUT2D eigenvalue weighted by Crippen LogP contribution is -2.51. The summed E-state index contributed by atoms with van der Waals surface area (Å²) < 4.78 is 44.8. The lowest BCUT2D eigenvalue weighted by molar-refractivity contribution is -0.144. The maximum Gasteiger partial charge on any atom is 0.416 e. The first-order valence-electron chi connectivity index (χ1n) is 12.4. The molecule has 8 heteroatoms. The Morgan fingerprint density at radius 2 is 2.00 bits per heavy atom. The molecule has 1 aliphatic carbocycles. The topological polar surface area (TPSA) is 59.5 Å². The van der Waals surface area contributed by atoms with Crippen LogP contribution in [0.25, 0.3) is 17.2 Å². The number of rotatable bonds is 3. The second-order valence-electron chi connectivity index (χ2n) is 10.2. The lowest BCUT2D eigenvalue weighted by atomic mass is 9.59. The number of allylic oxidation sites excluding steroid dienone is 1. The van der Waals surface area contributed by atoms with Crippen molar-refractivity contribution in [1.29, 1.82) is 0 Å². The van der Waals surface area contributed by atoms with Gasteiger partial charge in [0.25, 0.3) is 0 Å².